The maximum Gasteiger partial charge on any atom is 0.153 e. The van der Waals surface area contributed by atoms with Crippen molar-refractivity contribution in [1.82, 2.24) is 4.98 Å². The van der Waals surface area contributed by atoms with E-state index in [-0.39, 0.29) is 10.6 Å². The van der Waals surface area contributed by atoms with E-state index in [9.17, 15) is 0 Å². The minimum absolute atomic E-state index is 0.0234. The van der Waals surface area contributed by atoms with Gasteiger partial charge >= 0.3 is 0 Å². The van der Waals surface area contributed by atoms with E-state index in [0.717, 1.165) is 27.8 Å². The summed E-state index contributed by atoms with van der Waals surface area (Å²) in [6.07, 6.45) is 1.93. The Hall–Kier alpha value is -2.52. The van der Waals surface area contributed by atoms with Crippen molar-refractivity contribution < 1.29 is 4.42 Å². The number of nitrogens with zero attached hydrogens (tertiary/aromatic N) is 1. The zero-order valence-corrected chi connectivity index (χ0v) is 18.4. The van der Waals surface area contributed by atoms with Crippen LogP contribution in [0.25, 0.3) is 43.3 Å². The van der Waals surface area contributed by atoms with E-state index in [1.165, 1.54) is 21.0 Å². The maximum atomic E-state index is 6.47. The summed E-state index contributed by atoms with van der Waals surface area (Å²) in [6, 6.07) is 17.2. The van der Waals surface area contributed by atoms with E-state index in [1.54, 1.807) is 11.3 Å². The molecular formula is C24H23B2NOS. The molecule has 29 heavy (non-hydrogen) atoms. The van der Waals surface area contributed by atoms with Gasteiger partial charge in [0, 0.05) is 22.5 Å². The van der Waals surface area contributed by atoms with Gasteiger partial charge in [-0.2, -0.15) is 0 Å². The third kappa shape index (κ3) is 2.75. The maximum absolute atomic E-state index is 6.47. The number of para-hydroxylation sites is 1. The first-order valence-corrected chi connectivity index (χ1v) is 10.9. The third-order valence-corrected chi connectivity index (χ3v) is 7.65. The molecule has 0 radical (unpaired) electrons. The van der Waals surface area contributed by atoms with Gasteiger partial charge in [-0.25, -0.2) is 0 Å². The predicted molar refractivity (Wildman–Crippen MR) is 131 cm³/mol. The molecule has 0 unspecified atom stereocenters. The fourth-order valence-corrected chi connectivity index (χ4v) is 4.76. The van der Waals surface area contributed by atoms with E-state index >= 15 is 0 Å². The largest absolute Gasteiger partial charge is 0.454 e. The summed E-state index contributed by atoms with van der Waals surface area (Å²) in [4.78, 5) is 4.72. The number of hydrogen-bond donors (Lipinski definition) is 0. The van der Waals surface area contributed by atoms with Gasteiger partial charge in [0.2, 0.25) is 0 Å². The van der Waals surface area contributed by atoms with Crippen LogP contribution < -0.4 is 0 Å². The Kier molecular flexibility index (Phi) is 3.98. The molecule has 2 aromatic carbocycles. The van der Waals surface area contributed by atoms with E-state index in [2.05, 4.69) is 90.4 Å². The highest BCUT2D eigenvalue weighted by atomic mass is 32.1. The normalized spacial score (nSPS) is 12.9. The molecule has 5 heteroatoms. The van der Waals surface area contributed by atoms with Gasteiger partial charge in [0.05, 0.1) is 10.4 Å². The molecule has 2 nitrogen and oxygen atoms in total. The molecule has 0 aliphatic carbocycles. The molecule has 0 bridgehead atoms. The fraction of sp³-hybridized carbons (Fsp3) is 0.208. The first-order chi connectivity index (χ1) is 13.8. The predicted octanol–water partition coefficient (Wildman–Crippen LogP) is 5.33. The molecule has 0 atom stereocenters. The molecule has 142 valence electrons. The van der Waals surface area contributed by atoms with Crippen LogP contribution in [-0.2, 0) is 5.21 Å². The van der Waals surface area contributed by atoms with Gasteiger partial charge in [0.15, 0.2) is 5.58 Å². The molecule has 0 N–H and O–H groups in total. The summed E-state index contributed by atoms with van der Waals surface area (Å²) < 4.78 is 7.68. The number of thiophene rings is 1. The lowest BCUT2D eigenvalue weighted by Crippen LogP contribution is -2.41. The Morgan fingerprint density at radius 1 is 0.931 bits per heavy atom. The average Bonchev–Trinajstić information content (AvgIpc) is 3.31. The van der Waals surface area contributed by atoms with Crippen molar-refractivity contribution in [2.75, 3.05) is 0 Å². The second kappa shape index (κ2) is 6.24. The molecule has 0 aliphatic heterocycles. The number of benzene rings is 2. The molecule has 0 spiro atoms. The minimum Gasteiger partial charge on any atom is -0.454 e. The van der Waals surface area contributed by atoms with Crippen LogP contribution in [0.5, 0.6) is 0 Å². The van der Waals surface area contributed by atoms with Crippen molar-refractivity contribution in [3.8, 4) is 11.3 Å². The topological polar surface area (TPSA) is 26.0 Å². The molecule has 5 aromatic rings. The molecule has 3 aromatic heterocycles. The second-order valence-corrected chi connectivity index (χ2v) is 10.3. The van der Waals surface area contributed by atoms with Gasteiger partial charge in [-0.15, -0.1) is 11.3 Å². The van der Waals surface area contributed by atoms with Crippen LogP contribution in [0, 0.1) is 5.41 Å². The lowest BCUT2D eigenvalue weighted by Gasteiger charge is -2.40. The summed E-state index contributed by atoms with van der Waals surface area (Å²) in [5.41, 5.74) is 5.35. The van der Waals surface area contributed by atoms with Crippen LogP contribution in [0.1, 0.15) is 26.3 Å². The van der Waals surface area contributed by atoms with Crippen LogP contribution in [0.2, 0.25) is 0 Å². The number of pyridine rings is 1. The molecule has 3 heterocycles. The van der Waals surface area contributed by atoms with Crippen LogP contribution in [0.15, 0.2) is 64.5 Å². The Bertz CT molecular complexity index is 1370. The van der Waals surface area contributed by atoms with Gasteiger partial charge in [0.25, 0.3) is 0 Å². The molecule has 0 amide bonds. The van der Waals surface area contributed by atoms with Gasteiger partial charge in [-0.3, -0.25) is 4.98 Å². The van der Waals surface area contributed by atoms with Crippen molar-refractivity contribution >= 4 is 59.1 Å². The van der Waals surface area contributed by atoms with E-state index in [4.69, 9.17) is 9.40 Å². The first kappa shape index (κ1) is 18.5. The smallest absolute Gasteiger partial charge is 0.153 e. The SMILES string of the molecule is BC(B)(c1ccnc(-c2cccc3c2oc2c3ccc3ccsc32)c1)C(C)(C)C. The van der Waals surface area contributed by atoms with Crippen LogP contribution in [-0.4, -0.2) is 20.7 Å². The van der Waals surface area contributed by atoms with Gasteiger partial charge in [0.1, 0.15) is 21.3 Å². The number of rotatable bonds is 2. The quantitative estimate of drug-likeness (QED) is 0.378. The average molecular weight is 395 g/mol. The Balaban J connectivity index is 1.76. The van der Waals surface area contributed by atoms with E-state index in [1.807, 2.05) is 6.20 Å². The van der Waals surface area contributed by atoms with Crippen LogP contribution >= 0.6 is 11.3 Å². The summed E-state index contributed by atoms with van der Waals surface area (Å²) >= 11 is 1.73. The highest BCUT2D eigenvalue weighted by Gasteiger charge is 2.34. The minimum atomic E-state index is 0.0234. The summed E-state index contributed by atoms with van der Waals surface area (Å²) in [5, 5.41) is 5.70. The fourth-order valence-electron chi connectivity index (χ4n) is 3.88. The zero-order valence-electron chi connectivity index (χ0n) is 17.5. The van der Waals surface area contributed by atoms with E-state index < -0.39 is 0 Å². The van der Waals surface area contributed by atoms with Crippen molar-refractivity contribution in [2.45, 2.75) is 26.0 Å². The molecule has 5 rings (SSSR count). The number of aromatic nitrogens is 1. The van der Waals surface area contributed by atoms with Crippen molar-refractivity contribution in [3.05, 3.63) is 65.7 Å². The van der Waals surface area contributed by atoms with Crippen LogP contribution in [0.4, 0.5) is 0 Å². The molecule has 0 saturated heterocycles. The molecule has 0 aliphatic rings. The number of hydrogen-bond acceptors (Lipinski definition) is 3. The monoisotopic (exact) mass is 395 g/mol. The standard InChI is InChI=1S/C24H23B2NOS/c1-23(2,3)24(25,26)15-9-11-27-19(13-15)18-6-4-5-16-17-8-7-14-10-12-29-22(14)21(17)28-20(16)18/h4-13H,25-26H2,1-3H3. The lowest BCUT2D eigenvalue weighted by atomic mass is 9.41. The van der Waals surface area contributed by atoms with Crippen molar-refractivity contribution in [2.24, 2.45) is 5.41 Å². The highest BCUT2D eigenvalue weighted by molar-refractivity contribution is 7.18. The summed E-state index contributed by atoms with van der Waals surface area (Å²) in [6.45, 7) is 6.87. The Morgan fingerprint density at radius 3 is 2.52 bits per heavy atom. The van der Waals surface area contributed by atoms with Crippen molar-refractivity contribution in [1.29, 1.82) is 0 Å². The van der Waals surface area contributed by atoms with Gasteiger partial charge < -0.3 is 4.42 Å². The number of furan rings is 1. The molecular weight excluding hydrogens is 372 g/mol. The Labute approximate surface area is 176 Å². The lowest BCUT2D eigenvalue weighted by molar-refractivity contribution is 0.358. The molecule has 0 fully saturated rings. The molecule has 0 saturated carbocycles. The summed E-state index contributed by atoms with van der Waals surface area (Å²) in [7, 11) is 4.61. The third-order valence-electron chi connectivity index (χ3n) is 6.72. The second-order valence-electron chi connectivity index (χ2n) is 9.37. The van der Waals surface area contributed by atoms with Gasteiger partial charge in [-0.05, 0) is 46.5 Å². The van der Waals surface area contributed by atoms with Gasteiger partial charge in [-0.1, -0.05) is 49.7 Å². The van der Waals surface area contributed by atoms with Crippen LogP contribution in [0.3, 0.4) is 0 Å². The Morgan fingerprint density at radius 2 is 1.72 bits per heavy atom. The number of fused-ring (bicyclic) bond motifs is 5. The zero-order chi connectivity index (χ0) is 20.4. The first-order valence-electron chi connectivity index (χ1n) is 10.1. The highest BCUT2D eigenvalue weighted by Crippen LogP contribution is 2.41. The summed E-state index contributed by atoms with van der Waals surface area (Å²) in [5.74, 6) is 0. The van der Waals surface area contributed by atoms with E-state index in [0.29, 0.717) is 0 Å². The van der Waals surface area contributed by atoms with Crippen molar-refractivity contribution in [3.63, 3.8) is 0 Å².